The lowest BCUT2D eigenvalue weighted by Gasteiger charge is -2.51. The van der Waals surface area contributed by atoms with Crippen molar-refractivity contribution in [2.24, 2.45) is 5.10 Å². The Bertz CT molecular complexity index is 939. The summed E-state index contributed by atoms with van der Waals surface area (Å²) in [6, 6.07) is 3.01. The molecule has 174 valence electrons. The average molecular weight is 472 g/mol. The molecule has 2 heterocycles. The fraction of sp³-hybridized carbons (Fsp3) is 0.571. The summed E-state index contributed by atoms with van der Waals surface area (Å²) < 4.78 is 40.1. The Balaban J connectivity index is 1.53. The number of piperazine rings is 1. The predicted octanol–water partition coefficient (Wildman–Crippen LogP) is 3.80. The molecule has 7 nitrogen and oxygen atoms in total. The monoisotopic (exact) mass is 471 g/mol. The number of hydrazone groups is 1. The first kappa shape index (κ1) is 22.7. The predicted molar refractivity (Wildman–Crippen MR) is 114 cm³/mol. The minimum absolute atomic E-state index is 0.0285. The van der Waals surface area contributed by atoms with Crippen LogP contribution in [0.25, 0.3) is 0 Å². The van der Waals surface area contributed by atoms with Gasteiger partial charge in [0.2, 0.25) is 5.91 Å². The van der Waals surface area contributed by atoms with Crippen molar-refractivity contribution in [3.63, 3.8) is 0 Å². The van der Waals surface area contributed by atoms with E-state index in [1.54, 1.807) is 0 Å². The summed E-state index contributed by atoms with van der Waals surface area (Å²) in [6.45, 7) is 1.72. The lowest BCUT2D eigenvalue weighted by atomic mass is 9.85. The van der Waals surface area contributed by atoms with Gasteiger partial charge in [-0.15, -0.1) is 0 Å². The molecule has 2 aliphatic heterocycles. The van der Waals surface area contributed by atoms with Crippen LogP contribution >= 0.6 is 11.6 Å². The van der Waals surface area contributed by atoms with Crippen LogP contribution in [0.1, 0.15) is 51.0 Å². The van der Waals surface area contributed by atoms with Crippen molar-refractivity contribution in [2.75, 3.05) is 11.9 Å². The largest absolute Gasteiger partial charge is 0.418 e. The molecule has 1 saturated carbocycles. The number of amides is 2. The van der Waals surface area contributed by atoms with Gasteiger partial charge in [0.25, 0.3) is 5.91 Å². The van der Waals surface area contributed by atoms with Gasteiger partial charge in [0, 0.05) is 11.4 Å². The third-order valence-corrected chi connectivity index (χ3v) is 6.44. The number of hydrogen-bond acceptors (Lipinski definition) is 5. The van der Waals surface area contributed by atoms with Crippen LogP contribution in [0.2, 0.25) is 5.02 Å². The number of carbonyl (C=O) groups is 2. The molecule has 2 fully saturated rings. The number of fused-ring (bicyclic) bond motifs is 3. The summed E-state index contributed by atoms with van der Waals surface area (Å²) in [7, 11) is 0. The van der Waals surface area contributed by atoms with Gasteiger partial charge in [-0.3, -0.25) is 15.0 Å². The van der Waals surface area contributed by atoms with Gasteiger partial charge in [-0.05, 0) is 37.5 Å². The third-order valence-electron chi connectivity index (χ3n) is 6.21. The number of carbonyl (C=O) groups excluding carboxylic acids is 2. The zero-order valence-corrected chi connectivity index (χ0v) is 18.3. The SMILES string of the molecule is CCCC1=NNC2C(=O)N(CC(=O)Nc3ccc(Cl)cc3C(F)(F)F)C3CCCCC3N12. The van der Waals surface area contributed by atoms with E-state index in [2.05, 4.69) is 15.8 Å². The van der Waals surface area contributed by atoms with Crippen molar-refractivity contribution >= 4 is 34.9 Å². The maximum atomic E-state index is 13.4. The fourth-order valence-corrected chi connectivity index (χ4v) is 5.04. The summed E-state index contributed by atoms with van der Waals surface area (Å²) in [6.07, 6.45) is -0.171. The number of amidine groups is 1. The Morgan fingerprint density at radius 1 is 1.28 bits per heavy atom. The van der Waals surface area contributed by atoms with Crippen molar-refractivity contribution in [1.29, 1.82) is 0 Å². The van der Waals surface area contributed by atoms with Crippen molar-refractivity contribution in [1.82, 2.24) is 15.2 Å². The topological polar surface area (TPSA) is 77.0 Å². The first-order valence-electron chi connectivity index (χ1n) is 10.8. The van der Waals surface area contributed by atoms with Crippen LogP contribution in [-0.4, -0.2) is 52.2 Å². The molecule has 32 heavy (non-hydrogen) atoms. The van der Waals surface area contributed by atoms with Gasteiger partial charge in [-0.25, -0.2) is 0 Å². The molecule has 1 aliphatic carbocycles. The van der Waals surface area contributed by atoms with Crippen LogP contribution in [0.3, 0.4) is 0 Å². The Morgan fingerprint density at radius 3 is 2.69 bits per heavy atom. The van der Waals surface area contributed by atoms with E-state index in [4.69, 9.17) is 11.6 Å². The molecule has 3 atom stereocenters. The highest BCUT2D eigenvalue weighted by Crippen LogP contribution is 2.37. The van der Waals surface area contributed by atoms with E-state index in [1.165, 1.54) is 11.0 Å². The number of anilines is 1. The highest BCUT2D eigenvalue weighted by Gasteiger charge is 2.51. The molecule has 11 heteroatoms. The summed E-state index contributed by atoms with van der Waals surface area (Å²) in [5.74, 6) is -0.121. The van der Waals surface area contributed by atoms with E-state index in [0.717, 1.165) is 56.5 Å². The van der Waals surface area contributed by atoms with Crippen molar-refractivity contribution in [2.45, 2.75) is 69.9 Å². The second kappa shape index (κ2) is 8.80. The minimum Gasteiger partial charge on any atom is -0.325 e. The van der Waals surface area contributed by atoms with Crippen LogP contribution in [0.4, 0.5) is 18.9 Å². The van der Waals surface area contributed by atoms with Gasteiger partial charge in [-0.1, -0.05) is 31.4 Å². The van der Waals surface area contributed by atoms with Gasteiger partial charge in [-0.2, -0.15) is 18.3 Å². The van der Waals surface area contributed by atoms with Crippen molar-refractivity contribution < 1.29 is 22.8 Å². The van der Waals surface area contributed by atoms with Crippen LogP contribution < -0.4 is 10.7 Å². The number of rotatable bonds is 5. The van der Waals surface area contributed by atoms with Gasteiger partial charge in [0.1, 0.15) is 12.4 Å². The Hall–Kier alpha value is -2.49. The standard InChI is InChI=1S/C21H25ClF3N5O2/c1-2-5-17-27-28-19-20(32)29(15-6-3-4-7-16(15)30(17)19)11-18(31)26-14-9-8-12(22)10-13(14)21(23,24)25/h8-10,15-16,19,28H,2-7,11H2,1H3,(H,26,31). The van der Waals surface area contributed by atoms with Crippen molar-refractivity contribution in [3.8, 4) is 0 Å². The molecule has 3 aliphatic rings. The zero-order valence-electron chi connectivity index (χ0n) is 17.6. The number of hydrogen-bond donors (Lipinski definition) is 2. The fourth-order valence-electron chi connectivity index (χ4n) is 4.87. The second-order valence-corrected chi connectivity index (χ2v) is 8.77. The smallest absolute Gasteiger partial charge is 0.325 e. The molecule has 0 bridgehead atoms. The first-order chi connectivity index (χ1) is 15.2. The Kier molecular flexibility index (Phi) is 6.24. The molecule has 0 spiro atoms. The molecule has 1 saturated heterocycles. The molecule has 2 amide bonds. The second-order valence-electron chi connectivity index (χ2n) is 8.34. The third kappa shape index (κ3) is 4.24. The maximum Gasteiger partial charge on any atom is 0.418 e. The van der Waals surface area contributed by atoms with Crippen LogP contribution in [0, 0.1) is 0 Å². The number of alkyl halides is 3. The molecule has 3 unspecified atom stereocenters. The Morgan fingerprint density at radius 2 is 2.00 bits per heavy atom. The molecule has 1 aromatic rings. The molecule has 0 radical (unpaired) electrons. The van der Waals surface area contributed by atoms with E-state index in [9.17, 15) is 22.8 Å². The summed E-state index contributed by atoms with van der Waals surface area (Å²) in [5.41, 5.74) is 1.48. The lowest BCUT2D eigenvalue weighted by molar-refractivity contribution is -0.151. The number of benzene rings is 1. The van der Waals surface area contributed by atoms with Gasteiger partial charge in [0.15, 0.2) is 6.17 Å². The van der Waals surface area contributed by atoms with Gasteiger partial charge >= 0.3 is 6.18 Å². The molecule has 1 aromatic carbocycles. The van der Waals surface area contributed by atoms with E-state index < -0.39 is 23.8 Å². The number of halogens is 4. The van der Waals surface area contributed by atoms with Crippen molar-refractivity contribution in [3.05, 3.63) is 28.8 Å². The highest BCUT2D eigenvalue weighted by atomic mass is 35.5. The first-order valence-corrected chi connectivity index (χ1v) is 11.2. The van der Waals surface area contributed by atoms with Crippen LogP contribution in [0.5, 0.6) is 0 Å². The molecule has 2 N–H and O–H groups in total. The summed E-state index contributed by atoms with van der Waals surface area (Å²) in [5, 5.41) is 6.59. The Labute approximate surface area is 188 Å². The quantitative estimate of drug-likeness (QED) is 0.685. The summed E-state index contributed by atoms with van der Waals surface area (Å²) >= 11 is 5.71. The minimum atomic E-state index is -4.68. The number of nitrogens with one attached hydrogen (secondary N) is 2. The van der Waals surface area contributed by atoms with Crippen LogP contribution in [0.15, 0.2) is 23.3 Å². The highest BCUT2D eigenvalue weighted by molar-refractivity contribution is 6.30. The normalized spacial score (nSPS) is 25.1. The van der Waals surface area contributed by atoms with Crippen LogP contribution in [-0.2, 0) is 15.8 Å². The number of nitrogens with zero attached hydrogens (tertiary/aromatic N) is 3. The maximum absolute atomic E-state index is 13.4. The lowest BCUT2D eigenvalue weighted by Crippen LogP contribution is -2.69. The average Bonchev–Trinajstić information content (AvgIpc) is 3.16. The molecular weight excluding hydrogens is 447 g/mol. The van der Waals surface area contributed by atoms with E-state index in [0.29, 0.717) is 0 Å². The summed E-state index contributed by atoms with van der Waals surface area (Å²) in [4.78, 5) is 29.5. The molecular formula is C21H25ClF3N5O2. The molecule has 4 rings (SSSR count). The van der Waals surface area contributed by atoms with E-state index >= 15 is 0 Å². The van der Waals surface area contributed by atoms with E-state index in [-0.39, 0.29) is 35.2 Å². The van der Waals surface area contributed by atoms with E-state index in [1.807, 2.05) is 11.8 Å². The van der Waals surface area contributed by atoms with Gasteiger partial charge in [0.05, 0.1) is 23.3 Å². The zero-order chi connectivity index (χ0) is 23.0. The van der Waals surface area contributed by atoms with Gasteiger partial charge < -0.3 is 15.1 Å². The molecule has 0 aromatic heterocycles.